The minimum Gasteiger partial charge on any atom is -0.459 e. The molecule has 0 radical (unpaired) electrons. The number of nitrogens with zero attached hydrogens (tertiary/aromatic N) is 7. The van der Waals surface area contributed by atoms with E-state index in [9.17, 15) is 9.59 Å². The summed E-state index contributed by atoms with van der Waals surface area (Å²) < 4.78 is 8.94. The van der Waals surface area contributed by atoms with Crippen LogP contribution in [0.4, 0.5) is 0 Å². The van der Waals surface area contributed by atoms with Gasteiger partial charge in [-0.05, 0) is 49.2 Å². The lowest BCUT2D eigenvalue weighted by molar-refractivity contribution is -0.132. The lowest BCUT2D eigenvalue weighted by Crippen LogP contribution is -2.50. The van der Waals surface area contributed by atoms with Crippen molar-refractivity contribution in [2.24, 2.45) is 0 Å². The van der Waals surface area contributed by atoms with Crippen LogP contribution in [0, 0.1) is 13.8 Å². The normalized spacial score (nSPS) is 14.1. The quantitative estimate of drug-likeness (QED) is 0.370. The first-order valence-corrected chi connectivity index (χ1v) is 12.4. The van der Waals surface area contributed by atoms with E-state index in [0.717, 1.165) is 22.6 Å². The number of furan rings is 1. The largest absolute Gasteiger partial charge is 0.459 e. The molecule has 0 aliphatic carbocycles. The molecule has 0 saturated carbocycles. The van der Waals surface area contributed by atoms with Crippen LogP contribution >= 0.6 is 0 Å². The van der Waals surface area contributed by atoms with E-state index in [-0.39, 0.29) is 11.8 Å². The van der Waals surface area contributed by atoms with Crippen LogP contribution in [-0.4, -0.2) is 72.0 Å². The number of carbonyl (C=O) groups excluding carboxylic acids is 2. The van der Waals surface area contributed by atoms with Crippen molar-refractivity contribution in [3.63, 3.8) is 0 Å². The number of piperazine rings is 1. The average Bonchev–Trinajstić information content (AvgIpc) is 3.68. The zero-order valence-corrected chi connectivity index (χ0v) is 20.8. The summed E-state index contributed by atoms with van der Waals surface area (Å²) in [5, 5.41) is 13.5. The molecule has 0 bridgehead atoms. The summed E-state index contributed by atoms with van der Waals surface area (Å²) in [6.07, 6.45) is 6.06. The van der Waals surface area contributed by atoms with Crippen molar-refractivity contribution in [2.75, 3.05) is 26.2 Å². The van der Waals surface area contributed by atoms with Crippen LogP contribution in [0.5, 0.6) is 0 Å². The van der Waals surface area contributed by atoms with Crippen LogP contribution in [0.3, 0.4) is 0 Å². The first-order valence-electron chi connectivity index (χ1n) is 12.4. The van der Waals surface area contributed by atoms with Gasteiger partial charge in [0.2, 0.25) is 5.91 Å². The maximum atomic E-state index is 12.9. The van der Waals surface area contributed by atoms with Crippen LogP contribution in [0.1, 0.15) is 33.9 Å². The zero-order chi connectivity index (χ0) is 25.5. The first-order chi connectivity index (χ1) is 18.0. The SMILES string of the molecule is Cc1ccc(-c2cc3c4nnc(CCC(=O)N5CCN(C(=O)c6ccco6)CC5)n4ccn3n2)cc1C. The monoisotopic (exact) mass is 497 g/mol. The van der Waals surface area contributed by atoms with E-state index in [4.69, 9.17) is 9.52 Å². The first kappa shape index (κ1) is 23.0. The van der Waals surface area contributed by atoms with E-state index in [1.165, 1.54) is 17.4 Å². The van der Waals surface area contributed by atoms with Crippen LogP contribution in [-0.2, 0) is 11.2 Å². The molecule has 1 fully saturated rings. The van der Waals surface area contributed by atoms with Gasteiger partial charge in [0.25, 0.3) is 5.91 Å². The minimum atomic E-state index is -0.140. The van der Waals surface area contributed by atoms with Crippen molar-refractivity contribution in [1.29, 1.82) is 0 Å². The molecule has 0 spiro atoms. The predicted molar refractivity (Wildman–Crippen MR) is 136 cm³/mol. The van der Waals surface area contributed by atoms with Gasteiger partial charge < -0.3 is 14.2 Å². The summed E-state index contributed by atoms with van der Waals surface area (Å²) in [6, 6.07) is 11.7. The van der Waals surface area contributed by atoms with E-state index >= 15 is 0 Å². The molecule has 1 aromatic carbocycles. The third-order valence-electron chi connectivity index (χ3n) is 7.10. The summed E-state index contributed by atoms with van der Waals surface area (Å²) in [6.45, 7) is 6.17. The molecule has 10 heteroatoms. The van der Waals surface area contributed by atoms with Crippen molar-refractivity contribution in [1.82, 2.24) is 34.0 Å². The second-order valence-electron chi connectivity index (χ2n) is 9.42. The number of aryl methyl sites for hydroxylation is 3. The van der Waals surface area contributed by atoms with E-state index < -0.39 is 0 Å². The molecule has 0 atom stereocenters. The van der Waals surface area contributed by atoms with Gasteiger partial charge in [0, 0.05) is 57.0 Å². The molecule has 0 N–H and O–H groups in total. The van der Waals surface area contributed by atoms with Crippen LogP contribution < -0.4 is 0 Å². The van der Waals surface area contributed by atoms with Gasteiger partial charge in [-0.1, -0.05) is 12.1 Å². The molecule has 0 unspecified atom stereocenters. The van der Waals surface area contributed by atoms with Gasteiger partial charge in [-0.15, -0.1) is 10.2 Å². The highest BCUT2D eigenvalue weighted by Gasteiger charge is 2.26. The molecule has 4 aromatic heterocycles. The number of aromatic nitrogens is 5. The van der Waals surface area contributed by atoms with Gasteiger partial charge in [-0.25, -0.2) is 4.52 Å². The minimum absolute atomic E-state index is 0.0457. The number of amides is 2. The number of hydrogen-bond acceptors (Lipinski definition) is 6. The lowest BCUT2D eigenvalue weighted by atomic mass is 10.0. The van der Waals surface area contributed by atoms with Gasteiger partial charge in [0.15, 0.2) is 11.4 Å². The van der Waals surface area contributed by atoms with E-state index in [1.54, 1.807) is 21.9 Å². The molecule has 1 saturated heterocycles. The smallest absolute Gasteiger partial charge is 0.289 e. The molecule has 5 aromatic rings. The molecule has 1 aliphatic rings. The fourth-order valence-electron chi connectivity index (χ4n) is 4.76. The van der Waals surface area contributed by atoms with Gasteiger partial charge in [0.05, 0.1) is 12.0 Å². The summed E-state index contributed by atoms with van der Waals surface area (Å²) in [5.74, 6) is 0.960. The molecule has 1 aliphatic heterocycles. The molecular weight excluding hydrogens is 470 g/mol. The van der Waals surface area contributed by atoms with Crippen molar-refractivity contribution in [2.45, 2.75) is 26.7 Å². The maximum absolute atomic E-state index is 12.9. The Labute approximate surface area is 213 Å². The number of benzene rings is 1. The fraction of sp³-hybridized carbons (Fsp3) is 0.296. The Balaban J connectivity index is 1.13. The Morgan fingerprint density at radius 3 is 2.51 bits per heavy atom. The number of fused-ring (bicyclic) bond motifs is 3. The van der Waals surface area contributed by atoms with Crippen molar-refractivity contribution >= 4 is 23.0 Å². The second-order valence-corrected chi connectivity index (χ2v) is 9.42. The lowest BCUT2D eigenvalue weighted by Gasteiger charge is -2.34. The summed E-state index contributed by atoms with van der Waals surface area (Å²) >= 11 is 0. The standard InChI is InChI=1S/C27H27N7O3/c1-18-5-6-20(16-19(18)2)21-17-22-26-29-28-24(33(26)13-14-34(22)30-21)7-8-25(35)31-9-11-32(12-10-31)27(36)23-4-3-15-37-23/h3-6,13-17H,7-12H2,1-2H3. The highest BCUT2D eigenvalue weighted by atomic mass is 16.3. The van der Waals surface area contributed by atoms with Gasteiger partial charge in [-0.2, -0.15) is 5.10 Å². The second kappa shape index (κ2) is 9.20. The third-order valence-corrected chi connectivity index (χ3v) is 7.10. The topological polar surface area (TPSA) is 101 Å². The highest BCUT2D eigenvalue weighted by molar-refractivity contribution is 5.91. The van der Waals surface area contributed by atoms with Crippen LogP contribution in [0.2, 0.25) is 0 Å². The Morgan fingerprint density at radius 2 is 1.76 bits per heavy atom. The molecule has 37 heavy (non-hydrogen) atoms. The van der Waals surface area contributed by atoms with Gasteiger partial charge in [-0.3, -0.25) is 14.0 Å². The number of hydrogen-bond donors (Lipinski definition) is 0. The summed E-state index contributed by atoms with van der Waals surface area (Å²) in [7, 11) is 0. The van der Waals surface area contributed by atoms with Crippen molar-refractivity contribution in [3.05, 3.63) is 77.8 Å². The molecule has 6 rings (SSSR count). The Hall–Kier alpha value is -4.47. The molecular formula is C27H27N7O3. The summed E-state index contributed by atoms with van der Waals surface area (Å²) in [5.41, 5.74) is 5.97. The van der Waals surface area contributed by atoms with E-state index in [0.29, 0.717) is 50.4 Å². The predicted octanol–water partition coefficient (Wildman–Crippen LogP) is 3.17. The Morgan fingerprint density at radius 1 is 0.946 bits per heavy atom. The van der Waals surface area contributed by atoms with Gasteiger partial charge in [0.1, 0.15) is 11.3 Å². The summed E-state index contributed by atoms with van der Waals surface area (Å²) in [4.78, 5) is 28.9. The number of carbonyl (C=O) groups is 2. The molecule has 5 heterocycles. The Bertz CT molecular complexity index is 1610. The maximum Gasteiger partial charge on any atom is 0.289 e. The highest BCUT2D eigenvalue weighted by Crippen LogP contribution is 2.24. The molecule has 188 valence electrons. The number of rotatable bonds is 5. The van der Waals surface area contributed by atoms with E-state index in [2.05, 4.69) is 42.2 Å². The van der Waals surface area contributed by atoms with E-state index in [1.807, 2.05) is 27.4 Å². The molecule has 10 nitrogen and oxygen atoms in total. The molecule has 2 amide bonds. The van der Waals surface area contributed by atoms with Gasteiger partial charge >= 0.3 is 0 Å². The van der Waals surface area contributed by atoms with Crippen molar-refractivity contribution in [3.8, 4) is 11.3 Å². The average molecular weight is 498 g/mol. The fourth-order valence-corrected chi connectivity index (χ4v) is 4.76. The van der Waals surface area contributed by atoms with Crippen LogP contribution in [0.25, 0.3) is 22.4 Å². The third kappa shape index (κ3) is 4.24. The Kier molecular flexibility index (Phi) is 5.71. The zero-order valence-electron chi connectivity index (χ0n) is 20.8. The van der Waals surface area contributed by atoms with Crippen molar-refractivity contribution < 1.29 is 14.0 Å². The van der Waals surface area contributed by atoms with Crippen LogP contribution in [0.15, 0.2) is 59.5 Å².